The second-order valence-electron chi connectivity index (χ2n) is 9.82. The van der Waals surface area contributed by atoms with E-state index in [1.165, 1.54) is 19.1 Å². The summed E-state index contributed by atoms with van der Waals surface area (Å²) in [6.45, 7) is 4.76. The maximum Gasteiger partial charge on any atom is 0.416 e. The van der Waals surface area contributed by atoms with Crippen molar-refractivity contribution in [3.63, 3.8) is 0 Å². The molecule has 2 aromatic rings. The Kier molecular flexibility index (Phi) is 6.48. The topological polar surface area (TPSA) is 70.9 Å². The molecule has 0 aliphatic carbocycles. The van der Waals surface area contributed by atoms with Crippen molar-refractivity contribution in [3.8, 4) is 6.07 Å². The van der Waals surface area contributed by atoms with E-state index in [0.717, 1.165) is 17.4 Å². The van der Waals surface area contributed by atoms with Crippen LogP contribution in [0.5, 0.6) is 0 Å². The molecule has 2 fully saturated rings. The Morgan fingerprint density at radius 2 is 1.65 bits per heavy atom. The van der Waals surface area contributed by atoms with Crippen LogP contribution in [0.25, 0.3) is 0 Å². The van der Waals surface area contributed by atoms with Crippen LogP contribution < -0.4 is 9.80 Å². The molecule has 3 aliphatic rings. The predicted molar refractivity (Wildman–Crippen MR) is 132 cm³/mol. The van der Waals surface area contributed by atoms with Gasteiger partial charge in [-0.15, -0.1) is 0 Å². The summed E-state index contributed by atoms with van der Waals surface area (Å²) < 4.78 is 40.5. The monoisotopic (exact) mass is 511 g/mol. The number of piperazine rings is 2. The van der Waals surface area contributed by atoms with Crippen molar-refractivity contribution in [2.45, 2.75) is 25.6 Å². The second kappa shape index (κ2) is 9.61. The third-order valence-electron chi connectivity index (χ3n) is 7.76. The maximum atomic E-state index is 13.8. The molecule has 0 radical (unpaired) electrons. The molecular formula is C27H28F3N5O2. The summed E-state index contributed by atoms with van der Waals surface area (Å²) >= 11 is 0. The highest BCUT2D eigenvalue weighted by Gasteiger charge is 2.44. The number of hydrogen-bond acceptors (Lipinski definition) is 5. The number of rotatable bonds is 2. The molecule has 37 heavy (non-hydrogen) atoms. The lowest BCUT2D eigenvalue weighted by atomic mass is 9.82. The summed E-state index contributed by atoms with van der Waals surface area (Å²) in [5, 5.41) is 9.61. The Labute approximate surface area is 213 Å². The van der Waals surface area contributed by atoms with Gasteiger partial charge in [-0.25, -0.2) is 0 Å². The third kappa shape index (κ3) is 4.70. The van der Waals surface area contributed by atoms with Crippen LogP contribution in [0, 0.1) is 17.2 Å². The second-order valence-corrected chi connectivity index (χ2v) is 9.82. The average Bonchev–Trinajstić information content (AvgIpc) is 2.91. The summed E-state index contributed by atoms with van der Waals surface area (Å²) in [6.07, 6.45) is -4.26. The molecule has 7 nitrogen and oxygen atoms in total. The van der Waals surface area contributed by atoms with E-state index in [0.29, 0.717) is 56.9 Å². The average molecular weight is 512 g/mol. The molecule has 2 aromatic carbocycles. The molecule has 0 unspecified atom stereocenters. The van der Waals surface area contributed by atoms with Gasteiger partial charge in [0.1, 0.15) is 6.07 Å². The van der Waals surface area contributed by atoms with Gasteiger partial charge in [0.25, 0.3) is 0 Å². The van der Waals surface area contributed by atoms with E-state index < -0.39 is 17.7 Å². The van der Waals surface area contributed by atoms with Crippen LogP contribution in [0.1, 0.15) is 23.6 Å². The fourth-order valence-electron chi connectivity index (χ4n) is 5.82. The summed E-state index contributed by atoms with van der Waals surface area (Å²) in [4.78, 5) is 33.2. The molecule has 194 valence electrons. The van der Waals surface area contributed by atoms with E-state index in [2.05, 4.69) is 15.9 Å². The minimum Gasteiger partial charge on any atom is -0.367 e. The zero-order valence-corrected chi connectivity index (χ0v) is 20.5. The van der Waals surface area contributed by atoms with Gasteiger partial charge < -0.3 is 19.6 Å². The Bertz CT molecular complexity index is 1250. The lowest BCUT2D eigenvalue weighted by Crippen LogP contribution is -2.62. The van der Waals surface area contributed by atoms with Gasteiger partial charge in [0.05, 0.1) is 28.8 Å². The summed E-state index contributed by atoms with van der Waals surface area (Å²) in [5.74, 6) is -0.683. The molecule has 5 rings (SSSR count). The zero-order chi connectivity index (χ0) is 26.3. The molecule has 2 atom stereocenters. The number of benzene rings is 2. The van der Waals surface area contributed by atoms with Gasteiger partial charge in [0.2, 0.25) is 11.8 Å². The molecule has 0 bridgehead atoms. The fourth-order valence-corrected chi connectivity index (χ4v) is 5.82. The molecular weight excluding hydrogens is 483 g/mol. The van der Waals surface area contributed by atoms with Crippen molar-refractivity contribution in [1.82, 2.24) is 9.80 Å². The van der Waals surface area contributed by atoms with Crippen LogP contribution in [-0.4, -0.2) is 73.5 Å². The van der Waals surface area contributed by atoms with Gasteiger partial charge in [0.15, 0.2) is 0 Å². The first-order chi connectivity index (χ1) is 17.7. The first-order valence-corrected chi connectivity index (χ1v) is 12.4. The van der Waals surface area contributed by atoms with Gasteiger partial charge in [-0.2, -0.15) is 18.4 Å². The van der Waals surface area contributed by atoms with Crippen LogP contribution >= 0.6 is 0 Å². The van der Waals surface area contributed by atoms with Crippen molar-refractivity contribution in [2.75, 3.05) is 55.6 Å². The van der Waals surface area contributed by atoms with Gasteiger partial charge in [0, 0.05) is 58.4 Å². The van der Waals surface area contributed by atoms with Crippen molar-refractivity contribution >= 4 is 23.2 Å². The number of nitrogens with zero attached hydrogens (tertiary/aromatic N) is 5. The van der Waals surface area contributed by atoms with Crippen molar-refractivity contribution in [2.24, 2.45) is 5.92 Å². The number of para-hydroxylation sites is 1. The van der Waals surface area contributed by atoms with E-state index in [9.17, 15) is 28.0 Å². The number of carbonyl (C=O) groups excluding carboxylic acids is 2. The molecule has 2 amide bonds. The van der Waals surface area contributed by atoms with Gasteiger partial charge in [-0.3, -0.25) is 9.59 Å². The van der Waals surface area contributed by atoms with Crippen LogP contribution in [0.4, 0.5) is 24.5 Å². The van der Waals surface area contributed by atoms with Crippen molar-refractivity contribution < 1.29 is 22.8 Å². The molecule has 0 aromatic heterocycles. The van der Waals surface area contributed by atoms with E-state index in [1.54, 1.807) is 21.9 Å². The quantitative estimate of drug-likeness (QED) is 0.620. The zero-order valence-electron chi connectivity index (χ0n) is 20.5. The van der Waals surface area contributed by atoms with E-state index >= 15 is 0 Å². The first-order valence-electron chi connectivity index (χ1n) is 12.4. The molecule has 0 spiro atoms. The molecule has 2 saturated heterocycles. The minimum atomic E-state index is -4.46. The van der Waals surface area contributed by atoms with Crippen molar-refractivity contribution in [3.05, 3.63) is 59.2 Å². The van der Waals surface area contributed by atoms with Gasteiger partial charge in [-0.1, -0.05) is 12.1 Å². The van der Waals surface area contributed by atoms with Crippen LogP contribution in [0.15, 0.2) is 42.5 Å². The fraction of sp³-hybridized carbons (Fsp3) is 0.444. The molecule has 3 aliphatic heterocycles. The lowest BCUT2D eigenvalue weighted by Gasteiger charge is -2.51. The summed E-state index contributed by atoms with van der Waals surface area (Å²) in [5.41, 5.74) is 1.89. The normalized spacial score (nSPS) is 21.7. The van der Waals surface area contributed by atoms with Crippen LogP contribution in [0.2, 0.25) is 0 Å². The number of halogens is 3. The van der Waals surface area contributed by atoms with E-state index in [4.69, 9.17) is 0 Å². The Morgan fingerprint density at radius 1 is 0.946 bits per heavy atom. The third-order valence-corrected chi connectivity index (χ3v) is 7.76. The molecule has 0 saturated carbocycles. The summed E-state index contributed by atoms with van der Waals surface area (Å²) in [6, 6.07) is 13.1. The van der Waals surface area contributed by atoms with Gasteiger partial charge in [-0.05, 0) is 42.3 Å². The Hall–Kier alpha value is -3.74. The highest BCUT2D eigenvalue weighted by molar-refractivity contribution is 5.83. The highest BCUT2D eigenvalue weighted by Crippen LogP contribution is 2.41. The number of carbonyl (C=O) groups is 2. The van der Waals surface area contributed by atoms with E-state index in [-0.39, 0.29) is 24.3 Å². The number of anilines is 2. The number of nitriles is 1. The number of hydrogen-bond donors (Lipinski definition) is 0. The molecule has 0 N–H and O–H groups in total. The summed E-state index contributed by atoms with van der Waals surface area (Å²) in [7, 11) is 0. The van der Waals surface area contributed by atoms with E-state index in [1.807, 2.05) is 12.1 Å². The maximum absolute atomic E-state index is 13.8. The number of amides is 2. The predicted octanol–water partition coefficient (Wildman–Crippen LogP) is 3.14. The lowest BCUT2D eigenvalue weighted by molar-refractivity contribution is -0.142. The minimum absolute atomic E-state index is 0.0383. The molecule has 3 heterocycles. The van der Waals surface area contributed by atoms with Gasteiger partial charge >= 0.3 is 6.18 Å². The van der Waals surface area contributed by atoms with Crippen molar-refractivity contribution in [1.29, 1.82) is 5.26 Å². The number of fused-ring (bicyclic) bond motifs is 3. The Morgan fingerprint density at radius 3 is 2.32 bits per heavy atom. The standard InChI is InChI=1S/C27H28F3N5O2/c1-18(36)32-8-10-33(11-9-32)26(37)22-15-20-14-21(27(28,29)30)6-7-24(20)35-13-12-34(17-25(22)35)23-5-3-2-4-19(23)16-31/h2-7,14,22,25H,8-13,15,17H2,1H3/t22-,25+/m0/s1. The SMILES string of the molecule is CC(=O)N1CCN(C(=O)[C@H]2Cc3cc(C(F)(F)F)ccc3N3CCN(c4ccccc4C#N)C[C@H]23)CC1. The number of alkyl halides is 3. The highest BCUT2D eigenvalue weighted by atomic mass is 19.4. The first kappa shape index (κ1) is 24.9. The smallest absolute Gasteiger partial charge is 0.367 e. The molecule has 10 heteroatoms. The Balaban J connectivity index is 1.47. The largest absolute Gasteiger partial charge is 0.416 e. The van der Waals surface area contributed by atoms with Crippen LogP contribution in [0.3, 0.4) is 0 Å². The van der Waals surface area contributed by atoms with Crippen LogP contribution in [-0.2, 0) is 22.2 Å².